The first-order valence-corrected chi connectivity index (χ1v) is 5.65. The van der Waals surface area contributed by atoms with E-state index in [2.05, 4.69) is 5.32 Å². The summed E-state index contributed by atoms with van der Waals surface area (Å²) in [4.78, 5) is 22.2. The van der Waals surface area contributed by atoms with Crippen molar-refractivity contribution in [2.24, 2.45) is 11.3 Å². The van der Waals surface area contributed by atoms with Gasteiger partial charge in [-0.25, -0.2) is 0 Å². The first-order chi connectivity index (χ1) is 7.14. The number of hydrogen-bond donors (Lipinski definition) is 2. The van der Waals surface area contributed by atoms with Gasteiger partial charge in [-0.1, -0.05) is 27.7 Å². The van der Waals surface area contributed by atoms with Crippen molar-refractivity contribution in [3.05, 3.63) is 0 Å². The largest absolute Gasteiger partial charge is 0.481 e. The SMILES string of the molecule is CC(C)C(C)NC(=O)CC(C)(C)CC(=O)O. The fraction of sp³-hybridized carbons (Fsp3) is 0.833. The summed E-state index contributed by atoms with van der Waals surface area (Å²) in [6, 6.07) is 0.119. The van der Waals surface area contributed by atoms with Gasteiger partial charge in [-0.3, -0.25) is 9.59 Å². The Bertz CT molecular complexity index is 259. The lowest BCUT2D eigenvalue weighted by Crippen LogP contribution is -2.38. The van der Waals surface area contributed by atoms with Crippen molar-refractivity contribution < 1.29 is 14.7 Å². The van der Waals surface area contributed by atoms with Crippen molar-refractivity contribution in [2.75, 3.05) is 0 Å². The number of nitrogens with one attached hydrogen (secondary N) is 1. The monoisotopic (exact) mass is 229 g/mol. The molecule has 0 aromatic carbocycles. The quantitative estimate of drug-likeness (QED) is 0.732. The van der Waals surface area contributed by atoms with Crippen LogP contribution in [0.4, 0.5) is 0 Å². The van der Waals surface area contributed by atoms with Crippen LogP contribution in [0.15, 0.2) is 0 Å². The number of carboxylic acids is 1. The predicted octanol–water partition coefficient (Wildman–Crippen LogP) is 2.04. The van der Waals surface area contributed by atoms with Crippen LogP contribution in [0, 0.1) is 11.3 Å². The molecule has 0 aliphatic carbocycles. The lowest BCUT2D eigenvalue weighted by molar-refractivity contribution is -0.139. The lowest BCUT2D eigenvalue weighted by Gasteiger charge is -2.24. The van der Waals surface area contributed by atoms with Gasteiger partial charge in [-0.15, -0.1) is 0 Å². The van der Waals surface area contributed by atoms with Gasteiger partial charge in [0.15, 0.2) is 0 Å². The summed E-state index contributed by atoms with van der Waals surface area (Å²) in [5.74, 6) is -0.561. The van der Waals surface area contributed by atoms with E-state index in [0.717, 1.165) is 0 Å². The van der Waals surface area contributed by atoms with Gasteiger partial charge in [0.05, 0.1) is 6.42 Å². The Morgan fingerprint density at radius 2 is 1.69 bits per heavy atom. The molecule has 1 atom stereocenters. The molecule has 0 aromatic rings. The van der Waals surface area contributed by atoms with Gasteiger partial charge in [-0.05, 0) is 18.3 Å². The van der Waals surface area contributed by atoms with Crippen LogP contribution >= 0.6 is 0 Å². The number of carbonyl (C=O) groups is 2. The van der Waals surface area contributed by atoms with Crippen molar-refractivity contribution in [3.63, 3.8) is 0 Å². The van der Waals surface area contributed by atoms with Crippen LogP contribution in [0.2, 0.25) is 0 Å². The molecule has 0 saturated carbocycles. The second-order valence-corrected chi connectivity index (χ2v) is 5.51. The topological polar surface area (TPSA) is 66.4 Å². The van der Waals surface area contributed by atoms with E-state index in [4.69, 9.17) is 5.11 Å². The highest BCUT2D eigenvalue weighted by Crippen LogP contribution is 2.24. The number of carboxylic acid groups (broad SMARTS) is 1. The maximum absolute atomic E-state index is 11.7. The van der Waals surface area contributed by atoms with Crippen LogP contribution in [-0.4, -0.2) is 23.0 Å². The molecule has 1 unspecified atom stereocenters. The van der Waals surface area contributed by atoms with Crippen LogP contribution in [0.1, 0.15) is 47.5 Å². The number of rotatable bonds is 6. The zero-order valence-electron chi connectivity index (χ0n) is 10.8. The summed E-state index contributed by atoms with van der Waals surface area (Å²) in [5.41, 5.74) is -0.493. The number of carbonyl (C=O) groups excluding carboxylic acids is 1. The van der Waals surface area contributed by atoms with E-state index >= 15 is 0 Å². The van der Waals surface area contributed by atoms with Crippen LogP contribution in [-0.2, 0) is 9.59 Å². The molecule has 0 aliphatic heterocycles. The summed E-state index contributed by atoms with van der Waals surface area (Å²) < 4.78 is 0. The Labute approximate surface area is 97.4 Å². The molecule has 16 heavy (non-hydrogen) atoms. The molecule has 0 saturated heterocycles. The third-order valence-corrected chi connectivity index (χ3v) is 2.66. The minimum absolute atomic E-state index is 0.0104. The van der Waals surface area contributed by atoms with Crippen LogP contribution in [0.5, 0.6) is 0 Å². The summed E-state index contributed by atoms with van der Waals surface area (Å²) in [7, 11) is 0. The van der Waals surface area contributed by atoms with E-state index in [1.54, 1.807) is 13.8 Å². The second kappa shape index (κ2) is 5.87. The van der Waals surface area contributed by atoms with Crippen LogP contribution < -0.4 is 5.32 Å². The van der Waals surface area contributed by atoms with Gasteiger partial charge in [0.2, 0.25) is 5.91 Å². The summed E-state index contributed by atoms with van der Waals surface area (Å²) in [6.45, 7) is 9.61. The van der Waals surface area contributed by atoms with Crippen molar-refractivity contribution in [2.45, 2.75) is 53.5 Å². The predicted molar refractivity (Wildman–Crippen MR) is 63.1 cm³/mol. The number of amides is 1. The zero-order valence-corrected chi connectivity index (χ0v) is 10.8. The Balaban J connectivity index is 4.18. The van der Waals surface area contributed by atoms with Crippen LogP contribution in [0.3, 0.4) is 0 Å². The van der Waals surface area contributed by atoms with Gasteiger partial charge < -0.3 is 10.4 Å². The summed E-state index contributed by atoms with van der Waals surface area (Å²) in [6.07, 6.45) is 0.257. The molecule has 0 spiro atoms. The molecule has 4 nitrogen and oxygen atoms in total. The first kappa shape index (κ1) is 14.9. The van der Waals surface area contributed by atoms with Gasteiger partial charge in [0, 0.05) is 12.5 Å². The van der Waals surface area contributed by atoms with Gasteiger partial charge in [-0.2, -0.15) is 0 Å². The number of aliphatic carboxylic acids is 1. The average molecular weight is 229 g/mol. The molecular formula is C12H23NO3. The molecular weight excluding hydrogens is 206 g/mol. The molecule has 2 N–H and O–H groups in total. The van der Waals surface area contributed by atoms with E-state index in [0.29, 0.717) is 5.92 Å². The third-order valence-electron chi connectivity index (χ3n) is 2.66. The molecule has 0 aromatic heterocycles. The maximum Gasteiger partial charge on any atom is 0.303 e. The Morgan fingerprint density at radius 3 is 2.06 bits per heavy atom. The van der Waals surface area contributed by atoms with Crippen molar-refractivity contribution in [1.29, 1.82) is 0 Å². The molecule has 94 valence electrons. The van der Waals surface area contributed by atoms with E-state index in [1.165, 1.54) is 0 Å². The minimum Gasteiger partial charge on any atom is -0.481 e. The average Bonchev–Trinajstić information content (AvgIpc) is 1.98. The van der Waals surface area contributed by atoms with E-state index in [9.17, 15) is 9.59 Å². The Hall–Kier alpha value is -1.06. The molecule has 4 heteroatoms. The van der Waals surface area contributed by atoms with E-state index in [1.807, 2.05) is 20.8 Å². The summed E-state index contributed by atoms with van der Waals surface area (Å²) in [5, 5.41) is 11.6. The normalized spacial score (nSPS) is 13.6. The Morgan fingerprint density at radius 1 is 1.19 bits per heavy atom. The molecule has 0 heterocycles. The standard InChI is InChI=1S/C12H23NO3/c1-8(2)9(3)13-10(14)6-12(4,5)7-11(15)16/h8-9H,6-7H2,1-5H3,(H,13,14)(H,15,16). The maximum atomic E-state index is 11.7. The van der Waals surface area contributed by atoms with E-state index < -0.39 is 11.4 Å². The fourth-order valence-electron chi connectivity index (χ4n) is 1.38. The second-order valence-electron chi connectivity index (χ2n) is 5.51. The molecule has 0 radical (unpaired) electrons. The molecule has 0 rings (SSSR count). The fourth-order valence-corrected chi connectivity index (χ4v) is 1.38. The van der Waals surface area contributed by atoms with Gasteiger partial charge >= 0.3 is 5.97 Å². The molecule has 1 amide bonds. The minimum atomic E-state index is -0.866. The molecule has 0 aliphatic rings. The zero-order chi connectivity index (χ0) is 12.9. The van der Waals surface area contributed by atoms with Crippen molar-refractivity contribution in [1.82, 2.24) is 5.32 Å². The number of hydrogen-bond acceptors (Lipinski definition) is 2. The third kappa shape index (κ3) is 6.43. The highest BCUT2D eigenvalue weighted by molar-refractivity contribution is 5.78. The van der Waals surface area contributed by atoms with Gasteiger partial charge in [0.25, 0.3) is 0 Å². The van der Waals surface area contributed by atoms with Crippen LogP contribution in [0.25, 0.3) is 0 Å². The van der Waals surface area contributed by atoms with Crippen molar-refractivity contribution >= 4 is 11.9 Å². The molecule has 0 bridgehead atoms. The highest BCUT2D eigenvalue weighted by atomic mass is 16.4. The molecule has 0 fully saturated rings. The summed E-state index contributed by atoms with van der Waals surface area (Å²) >= 11 is 0. The first-order valence-electron chi connectivity index (χ1n) is 5.65. The van der Waals surface area contributed by atoms with Gasteiger partial charge in [0.1, 0.15) is 0 Å². The lowest BCUT2D eigenvalue weighted by atomic mass is 9.85. The van der Waals surface area contributed by atoms with E-state index in [-0.39, 0.29) is 24.8 Å². The Kier molecular flexibility index (Phi) is 5.48. The van der Waals surface area contributed by atoms with Crippen molar-refractivity contribution in [3.8, 4) is 0 Å². The smallest absolute Gasteiger partial charge is 0.303 e. The highest BCUT2D eigenvalue weighted by Gasteiger charge is 2.25.